The average molecular weight is 268 g/mol. The molecular weight excluding hydrogens is 252 g/mol. The van der Waals surface area contributed by atoms with Gasteiger partial charge in [-0.1, -0.05) is 12.1 Å². The highest BCUT2D eigenvalue weighted by Gasteiger charge is 2.09. The quantitative estimate of drug-likeness (QED) is 0.737. The standard InChI is InChI=1S/C16H16N2O2/c1-10-6-11(2)16-14(7-10)18-15(20-16)9-19-13-5-3-4-12(17)8-13/h3-8H,9,17H2,1-2H3. The van der Waals surface area contributed by atoms with E-state index in [9.17, 15) is 0 Å². The minimum Gasteiger partial charge on any atom is -0.484 e. The molecule has 1 heterocycles. The molecule has 2 aromatic carbocycles. The molecule has 0 aliphatic heterocycles. The number of oxazole rings is 1. The van der Waals surface area contributed by atoms with E-state index in [4.69, 9.17) is 14.9 Å². The van der Waals surface area contributed by atoms with Crippen LogP contribution in [0.3, 0.4) is 0 Å². The van der Waals surface area contributed by atoms with Gasteiger partial charge in [0, 0.05) is 11.8 Å². The van der Waals surface area contributed by atoms with Gasteiger partial charge in [-0.05, 0) is 43.2 Å². The van der Waals surface area contributed by atoms with E-state index < -0.39 is 0 Å². The molecule has 20 heavy (non-hydrogen) atoms. The van der Waals surface area contributed by atoms with E-state index in [2.05, 4.69) is 11.1 Å². The summed E-state index contributed by atoms with van der Waals surface area (Å²) in [5.41, 5.74) is 10.3. The number of anilines is 1. The molecule has 0 unspecified atom stereocenters. The van der Waals surface area contributed by atoms with Gasteiger partial charge in [0.1, 0.15) is 11.3 Å². The van der Waals surface area contributed by atoms with Crippen molar-refractivity contribution in [3.63, 3.8) is 0 Å². The summed E-state index contributed by atoms with van der Waals surface area (Å²) in [6.45, 7) is 4.35. The van der Waals surface area contributed by atoms with Crippen molar-refractivity contribution in [2.75, 3.05) is 5.73 Å². The second-order valence-electron chi connectivity index (χ2n) is 4.90. The Labute approximate surface area is 117 Å². The lowest BCUT2D eigenvalue weighted by atomic mass is 10.1. The molecule has 0 saturated carbocycles. The van der Waals surface area contributed by atoms with Crippen LogP contribution in [0.1, 0.15) is 17.0 Å². The van der Waals surface area contributed by atoms with E-state index in [1.54, 1.807) is 6.07 Å². The van der Waals surface area contributed by atoms with Gasteiger partial charge in [-0.3, -0.25) is 0 Å². The number of hydrogen-bond acceptors (Lipinski definition) is 4. The Morgan fingerprint density at radius 2 is 2.05 bits per heavy atom. The van der Waals surface area contributed by atoms with E-state index in [0.29, 0.717) is 17.3 Å². The zero-order chi connectivity index (χ0) is 14.1. The minimum absolute atomic E-state index is 0.288. The lowest BCUT2D eigenvalue weighted by Crippen LogP contribution is -1.96. The first kappa shape index (κ1) is 12.5. The van der Waals surface area contributed by atoms with Crippen molar-refractivity contribution in [3.05, 3.63) is 53.4 Å². The zero-order valence-corrected chi connectivity index (χ0v) is 11.5. The largest absolute Gasteiger partial charge is 0.484 e. The van der Waals surface area contributed by atoms with Crippen molar-refractivity contribution in [1.29, 1.82) is 0 Å². The predicted molar refractivity (Wildman–Crippen MR) is 78.7 cm³/mol. The molecule has 0 atom stereocenters. The monoisotopic (exact) mass is 268 g/mol. The number of fused-ring (bicyclic) bond motifs is 1. The molecule has 2 N–H and O–H groups in total. The van der Waals surface area contributed by atoms with Crippen LogP contribution in [0.5, 0.6) is 5.75 Å². The Hall–Kier alpha value is -2.49. The molecule has 102 valence electrons. The van der Waals surface area contributed by atoms with Crippen molar-refractivity contribution in [3.8, 4) is 5.75 Å². The van der Waals surface area contributed by atoms with Crippen LogP contribution in [0, 0.1) is 13.8 Å². The fourth-order valence-electron chi connectivity index (χ4n) is 2.23. The number of rotatable bonds is 3. The summed E-state index contributed by atoms with van der Waals surface area (Å²) in [4.78, 5) is 4.45. The SMILES string of the molecule is Cc1cc(C)c2oc(COc3cccc(N)c3)nc2c1. The topological polar surface area (TPSA) is 61.3 Å². The van der Waals surface area contributed by atoms with E-state index in [-0.39, 0.29) is 6.61 Å². The predicted octanol–water partition coefficient (Wildman–Crippen LogP) is 3.61. The van der Waals surface area contributed by atoms with Crippen LogP contribution in [0.2, 0.25) is 0 Å². The van der Waals surface area contributed by atoms with Gasteiger partial charge in [0.05, 0.1) is 0 Å². The third kappa shape index (κ3) is 2.45. The van der Waals surface area contributed by atoms with E-state index >= 15 is 0 Å². The molecular formula is C16H16N2O2. The number of benzene rings is 2. The summed E-state index contributed by atoms with van der Waals surface area (Å²) >= 11 is 0. The van der Waals surface area contributed by atoms with Gasteiger partial charge >= 0.3 is 0 Å². The van der Waals surface area contributed by atoms with Gasteiger partial charge in [0.25, 0.3) is 0 Å². The Bertz CT molecular complexity index is 762. The van der Waals surface area contributed by atoms with Crippen LogP contribution in [-0.2, 0) is 6.61 Å². The van der Waals surface area contributed by atoms with Gasteiger partial charge in [0.2, 0.25) is 5.89 Å². The minimum atomic E-state index is 0.288. The molecule has 0 fully saturated rings. The summed E-state index contributed by atoms with van der Waals surface area (Å²) in [5, 5.41) is 0. The summed E-state index contributed by atoms with van der Waals surface area (Å²) < 4.78 is 11.4. The summed E-state index contributed by atoms with van der Waals surface area (Å²) in [5.74, 6) is 1.27. The first-order chi connectivity index (χ1) is 9.61. The number of aryl methyl sites for hydroxylation is 2. The van der Waals surface area contributed by atoms with Crippen LogP contribution >= 0.6 is 0 Å². The first-order valence-electron chi connectivity index (χ1n) is 6.47. The second-order valence-corrected chi connectivity index (χ2v) is 4.90. The summed E-state index contributed by atoms with van der Waals surface area (Å²) in [6.07, 6.45) is 0. The van der Waals surface area contributed by atoms with Crippen LogP contribution in [-0.4, -0.2) is 4.98 Å². The van der Waals surface area contributed by atoms with Crippen LogP contribution < -0.4 is 10.5 Å². The van der Waals surface area contributed by atoms with E-state index in [1.165, 1.54) is 5.56 Å². The van der Waals surface area contributed by atoms with Crippen molar-refractivity contribution in [1.82, 2.24) is 4.98 Å². The van der Waals surface area contributed by atoms with Crippen LogP contribution in [0.25, 0.3) is 11.1 Å². The second kappa shape index (κ2) is 4.89. The molecule has 0 aliphatic rings. The van der Waals surface area contributed by atoms with E-state index in [1.807, 2.05) is 38.1 Å². The maximum Gasteiger partial charge on any atom is 0.233 e. The number of nitrogens with zero attached hydrogens (tertiary/aromatic N) is 1. The molecule has 0 saturated heterocycles. The number of aromatic nitrogens is 1. The lowest BCUT2D eigenvalue weighted by Gasteiger charge is -2.03. The Morgan fingerprint density at radius 3 is 2.85 bits per heavy atom. The Kier molecular flexibility index (Phi) is 3.06. The maximum atomic E-state index is 5.74. The molecule has 0 amide bonds. The maximum absolute atomic E-state index is 5.74. The molecule has 0 spiro atoms. The van der Waals surface area contributed by atoms with Gasteiger partial charge in [-0.15, -0.1) is 0 Å². The summed E-state index contributed by atoms with van der Waals surface area (Å²) in [7, 11) is 0. The van der Waals surface area contributed by atoms with Gasteiger partial charge in [-0.2, -0.15) is 0 Å². The smallest absolute Gasteiger partial charge is 0.233 e. The van der Waals surface area contributed by atoms with Crippen molar-refractivity contribution in [2.24, 2.45) is 0 Å². The molecule has 3 rings (SSSR count). The third-order valence-electron chi connectivity index (χ3n) is 3.08. The van der Waals surface area contributed by atoms with Crippen LogP contribution in [0.15, 0.2) is 40.8 Å². The number of nitrogens with two attached hydrogens (primary N) is 1. The van der Waals surface area contributed by atoms with Crippen molar-refractivity contribution < 1.29 is 9.15 Å². The van der Waals surface area contributed by atoms with Gasteiger partial charge in [0.15, 0.2) is 12.2 Å². The lowest BCUT2D eigenvalue weighted by molar-refractivity contribution is 0.267. The highest BCUT2D eigenvalue weighted by molar-refractivity contribution is 5.77. The highest BCUT2D eigenvalue weighted by atomic mass is 16.5. The molecule has 0 aliphatic carbocycles. The summed E-state index contributed by atoms with van der Waals surface area (Å²) in [6, 6.07) is 11.4. The molecule has 4 nitrogen and oxygen atoms in total. The molecule has 0 bridgehead atoms. The van der Waals surface area contributed by atoms with Gasteiger partial charge < -0.3 is 14.9 Å². The van der Waals surface area contributed by atoms with Crippen molar-refractivity contribution >= 4 is 16.8 Å². The third-order valence-corrected chi connectivity index (χ3v) is 3.08. The molecule has 4 heteroatoms. The molecule has 3 aromatic rings. The normalized spacial score (nSPS) is 10.9. The zero-order valence-electron chi connectivity index (χ0n) is 11.5. The molecule has 0 radical (unpaired) electrons. The number of ether oxygens (including phenoxy) is 1. The average Bonchev–Trinajstić information content (AvgIpc) is 2.80. The Balaban J connectivity index is 1.83. The Morgan fingerprint density at radius 1 is 1.20 bits per heavy atom. The van der Waals surface area contributed by atoms with Gasteiger partial charge in [-0.25, -0.2) is 4.98 Å². The van der Waals surface area contributed by atoms with Crippen molar-refractivity contribution in [2.45, 2.75) is 20.5 Å². The molecule has 1 aromatic heterocycles. The first-order valence-corrected chi connectivity index (χ1v) is 6.47. The van der Waals surface area contributed by atoms with Crippen LogP contribution in [0.4, 0.5) is 5.69 Å². The fraction of sp³-hybridized carbons (Fsp3) is 0.188. The van der Waals surface area contributed by atoms with E-state index in [0.717, 1.165) is 16.7 Å². The number of hydrogen-bond donors (Lipinski definition) is 1. The fourth-order valence-corrected chi connectivity index (χ4v) is 2.23. The highest BCUT2D eigenvalue weighted by Crippen LogP contribution is 2.22. The number of nitrogen functional groups attached to an aromatic ring is 1.